The number of thiophene rings is 1. The van der Waals surface area contributed by atoms with Gasteiger partial charge in [0.25, 0.3) is 5.91 Å². The summed E-state index contributed by atoms with van der Waals surface area (Å²) >= 11 is 3.22. The topological polar surface area (TPSA) is 71.5 Å². The number of phenols is 1. The first-order valence-electron chi connectivity index (χ1n) is 8.01. The third-order valence-corrected chi connectivity index (χ3v) is 5.79. The monoisotopic (exact) mass is 384 g/mol. The molecule has 0 aliphatic rings. The number of rotatable bonds is 4. The van der Waals surface area contributed by atoms with E-state index < -0.39 is 0 Å². The fourth-order valence-electron chi connectivity index (χ4n) is 2.79. The van der Waals surface area contributed by atoms with Crippen molar-refractivity contribution in [2.45, 2.75) is 13.8 Å². The number of hydrogen-bond acceptors (Lipinski definition) is 6. The van der Waals surface area contributed by atoms with Crippen LogP contribution in [-0.4, -0.2) is 22.6 Å². The Kier molecular flexibility index (Phi) is 4.26. The van der Waals surface area contributed by atoms with E-state index in [1.807, 2.05) is 31.4 Å². The van der Waals surface area contributed by atoms with Crippen molar-refractivity contribution >= 4 is 54.6 Å². The molecule has 0 saturated carbocycles. The highest BCUT2D eigenvalue weighted by molar-refractivity contribution is 7.21. The molecule has 7 heteroatoms. The van der Waals surface area contributed by atoms with Crippen LogP contribution in [-0.2, 0) is 4.79 Å². The SMILES string of the molecule is Cc1ccc(O)c(NC(=O)COc2cc3sc(C)nc3c3sccc23)c1. The lowest BCUT2D eigenvalue weighted by Crippen LogP contribution is -2.20. The number of carbonyl (C=O) groups is 1. The molecule has 5 nitrogen and oxygen atoms in total. The quantitative estimate of drug-likeness (QED) is 0.493. The molecule has 1 amide bonds. The number of hydrogen-bond donors (Lipinski definition) is 2. The van der Waals surface area contributed by atoms with Gasteiger partial charge in [-0.2, -0.15) is 0 Å². The summed E-state index contributed by atoms with van der Waals surface area (Å²) < 4.78 is 7.90. The third-order valence-electron chi connectivity index (χ3n) is 3.95. The Balaban J connectivity index is 1.56. The minimum Gasteiger partial charge on any atom is -0.506 e. The zero-order valence-corrected chi connectivity index (χ0v) is 15.8. The van der Waals surface area contributed by atoms with Crippen molar-refractivity contribution in [2.24, 2.45) is 0 Å². The number of thiazole rings is 1. The lowest BCUT2D eigenvalue weighted by Gasteiger charge is -2.10. The molecule has 2 N–H and O–H groups in total. The molecule has 0 aliphatic carbocycles. The van der Waals surface area contributed by atoms with Gasteiger partial charge in [-0.15, -0.1) is 22.7 Å². The minimum absolute atomic E-state index is 0.0331. The van der Waals surface area contributed by atoms with Crippen molar-refractivity contribution in [3.63, 3.8) is 0 Å². The Morgan fingerprint density at radius 2 is 2.12 bits per heavy atom. The van der Waals surface area contributed by atoms with E-state index in [4.69, 9.17) is 4.74 Å². The Morgan fingerprint density at radius 1 is 1.27 bits per heavy atom. The summed E-state index contributed by atoms with van der Waals surface area (Å²) in [5.41, 5.74) is 2.32. The molecule has 2 heterocycles. The first-order valence-corrected chi connectivity index (χ1v) is 9.70. The molecular formula is C19H16N2O3S2. The lowest BCUT2D eigenvalue weighted by atomic mass is 10.2. The number of fused-ring (bicyclic) bond motifs is 3. The number of anilines is 1. The molecule has 0 saturated heterocycles. The van der Waals surface area contributed by atoms with Gasteiger partial charge in [0.2, 0.25) is 0 Å². The van der Waals surface area contributed by atoms with Crippen molar-refractivity contribution < 1.29 is 14.6 Å². The van der Waals surface area contributed by atoms with E-state index in [0.29, 0.717) is 11.4 Å². The first kappa shape index (κ1) is 16.8. The van der Waals surface area contributed by atoms with E-state index in [0.717, 1.165) is 30.9 Å². The largest absolute Gasteiger partial charge is 0.506 e. The van der Waals surface area contributed by atoms with Crippen LogP contribution in [0.1, 0.15) is 10.6 Å². The van der Waals surface area contributed by atoms with E-state index in [9.17, 15) is 9.90 Å². The molecule has 4 aromatic rings. The molecule has 0 aliphatic heterocycles. The van der Waals surface area contributed by atoms with Crippen molar-refractivity contribution in [1.82, 2.24) is 4.98 Å². The van der Waals surface area contributed by atoms with Crippen LogP contribution in [0.2, 0.25) is 0 Å². The number of phenolic OH excluding ortho intramolecular Hbond substituents is 1. The van der Waals surface area contributed by atoms with Crippen LogP contribution in [0.15, 0.2) is 35.7 Å². The molecule has 4 rings (SSSR count). The highest BCUT2D eigenvalue weighted by Crippen LogP contribution is 2.38. The average Bonchev–Trinajstić information content (AvgIpc) is 3.21. The average molecular weight is 384 g/mol. The maximum Gasteiger partial charge on any atom is 0.262 e. The molecule has 0 atom stereocenters. The molecule has 132 valence electrons. The van der Waals surface area contributed by atoms with Crippen molar-refractivity contribution in [1.29, 1.82) is 0 Å². The molecule has 0 radical (unpaired) electrons. The second-order valence-corrected chi connectivity index (χ2v) is 8.13. The Morgan fingerprint density at radius 3 is 2.96 bits per heavy atom. The lowest BCUT2D eigenvalue weighted by molar-refractivity contribution is -0.118. The van der Waals surface area contributed by atoms with Gasteiger partial charge in [-0.3, -0.25) is 4.79 Å². The Bertz CT molecular complexity index is 1130. The molecule has 2 aromatic carbocycles. The van der Waals surface area contributed by atoms with Gasteiger partial charge in [-0.1, -0.05) is 6.07 Å². The zero-order valence-electron chi connectivity index (χ0n) is 14.2. The van der Waals surface area contributed by atoms with Gasteiger partial charge in [0.1, 0.15) is 11.5 Å². The maximum atomic E-state index is 12.2. The molecular weight excluding hydrogens is 368 g/mol. The molecule has 0 bridgehead atoms. The molecule has 2 aromatic heterocycles. The molecule has 0 unspecified atom stereocenters. The smallest absolute Gasteiger partial charge is 0.262 e. The summed E-state index contributed by atoms with van der Waals surface area (Å²) in [7, 11) is 0. The van der Waals surface area contributed by atoms with Crippen LogP contribution in [0.4, 0.5) is 5.69 Å². The number of amides is 1. The van der Waals surface area contributed by atoms with Gasteiger partial charge >= 0.3 is 0 Å². The fourth-order valence-corrected chi connectivity index (χ4v) is 4.62. The normalized spacial score (nSPS) is 11.2. The van der Waals surface area contributed by atoms with Gasteiger partial charge in [-0.25, -0.2) is 4.98 Å². The van der Waals surface area contributed by atoms with E-state index in [1.54, 1.807) is 40.9 Å². The zero-order chi connectivity index (χ0) is 18.3. The Labute approximate surface area is 157 Å². The van der Waals surface area contributed by atoms with Gasteiger partial charge in [0.15, 0.2) is 6.61 Å². The number of carbonyl (C=O) groups excluding carboxylic acids is 1. The van der Waals surface area contributed by atoms with Gasteiger partial charge in [0.05, 0.1) is 25.6 Å². The highest BCUT2D eigenvalue weighted by Gasteiger charge is 2.14. The number of ether oxygens (including phenoxy) is 1. The van der Waals surface area contributed by atoms with Crippen LogP contribution in [0.3, 0.4) is 0 Å². The molecule has 0 fully saturated rings. The number of benzene rings is 2. The second-order valence-electron chi connectivity index (χ2n) is 5.98. The van der Waals surface area contributed by atoms with Gasteiger partial charge < -0.3 is 15.2 Å². The number of nitrogens with zero attached hydrogens (tertiary/aromatic N) is 1. The summed E-state index contributed by atoms with van der Waals surface area (Å²) in [5, 5.41) is 16.5. The number of aromatic hydroxyl groups is 1. The van der Waals surface area contributed by atoms with E-state index in [-0.39, 0.29) is 18.3 Å². The van der Waals surface area contributed by atoms with Crippen molar-refractivity contribution in [3.05, 3.63) is 46.3 Å². The second kappa shape index (κ2) is 6.59. The van der Waals surface area contributed by atoms with E-state index >= 15 is 0 Å². The van der Waals surface area contributed by atoms with Crippen molar-refractivity contribution in [2.75, 3.05) is 11.9 Å². The highest BCUT2D eigenvalue weighted by atomic mass is 32.1. The molecule has 0 spiro atoms. The number of aromatic nitrogens is 1. The van der Waals surface area contributed by atoms with E-state index in [2.05, 4.69) is 10.3 Å². The van der Waals surface area contributed by atoms with Crippen molar-refractivity contribution in [3.8, 4) is 11.5 Å². The van der Waals surface area contributed by atoms with Crippen LogP contribution >= 0.6 is 22.7 Å². The Hall–Kier alpha value is -2.64. The minimum atomic E-state index is -0.324. The first-order chi connectivity index (χ1) is 12.5. The maximum absolute atomic E-state index is 12.2. The van der Waals surface area contributed by atoms with Crippen LogP contribution in [0.5, 0.6) is 11.5 Å². The summed E-state index contributed by atoms with van der Waals surface area (Å²) in [6, 6.07) is 8.97. The number of nitrogens with one attached hydrogen (secondary N) is 1. The number of aryl methyl sites for hydroxylation is 2. The molecule has 26 heavy (non-hydrogen) atoms. The van der Waals surface area contributed by atoms with Crippen LogP contribution in [0, 0.1) is 13.8 Å². The predicted molar refractivity (Wildman–Crippen MR) is 107 cm³/mol. The predicted octanol–water partition coefficient (Wildman–Crippen LogP) is 4.85. The summed E-state index contributed by atoms with van der Waals surface area (Å²) in [6.07, 6.45) is 0. The standard InChI is InChI=1S/C19H16N2O3S2/c1-10-3-4-14(22)13(7-10)21-17(23)9-24-15-8-16-18(20-11(2)26-16)19-12(15)5-6-25-19/h3-8,22H,9H2,1-2H3,(H,21,23). The van der Waals surface area contributed by atoms with Crippen LogP contribution in [0.25, 0.3) is 20.3 Å². The fraction of sp³-hybridized carbons (Fsp3) is 0.158. The van der Waals surface area contributed by atoms with E-state index in [1.165, 1.54) is 0 Å². The summed E-state index contributed by atoms with van der Waals surface area (Å²) in [5.74, 6) is 0.376. The summed E-state index contributed by atoms with van der Waals surface area (Å²) in [4.78, 5) is 16.8. The van der Waals surface area contributed by atoms with Crippen LogP contribution < -0.4 is 10.1 Å². The summed E-state index contributed by atoms with van der Waals surface area (Å²) in [6.45, 7) is 3.74. The van der Waals surface area contributed by atoms with Gasteiger partial charge in [0, 0.05) is 11.5 Å². The third kappa shape index (κ3) is 3.11. The van der Waals surface area contributed by atoms with Gasteiger partial charge in [-0.05, 0) is 43.0 Å².